The van der Waals surface area contributed by atoms with Crippen LogP contribution in [0.3, 0.4) is 0 Å². The lowest BCUT2D eigenvalue weighted by molar-refractivity contribution is -0.126. The second-order valence-electron chi connectivity index (χ2n) is 4.46. The Hall–Kier alpha value is -2.91. The number of para-hydroxylation sites is 1. The molecule has 0 radical (unpaired) electrons. The molecule has 0 aliphatic carbocycles. The maximum absolute atomic E-state index is 12.1. The Kier molecular flexibility index (Phi) is 10.2. The molecule has 9 nitrogen and oxygen atoms in total. The highest BCUT2D eigenvalue weighted by molar-refractivity contribution is 5.99. The Morgan fingerprint density at radius 2 is 1.72 bits per heavy atom. The van der Waals surface area contributed by atoms with E-state index in [-0.39, 0.29) is 12.2 Å². The number of carbonyl (C=O) groups is 3. The maximum atomic E-state index is 12.1. The third-order valence-electron chi connectivity index (χ3n) is 2.92. The van der Waals surface area contributed by atoms with Crippen LogP contribution in [-0.4, -0.2) is 44.9 Å². The predicted octanol–water partition coefficient (Wildman–Crippen LogP) is -0.698. The lowest BCUT2D eigenvalue weighted by atomic mass is 10.1. The molecule has 0 saturated carbocycles. The number of carbonyl (C=O) groups excluding carboxylic acids is 3. The van der Waals surface area contributed by atoms with Crippen molar-refractivity contribution in [1.29, 1.82) is 0 Å². The summed E-state index contributed by atoms with van der Waals surface area (Å²) in [6.45, 7) is 0. The van der Waals surface area contributed by atoms with Gasteiger partial charge in [0.05, 0.1) is 6.42 Å². The highest BCUT2D eigenvalue weighted by Gasteiger charge is 2.24. The van der Waals surface area contributed by atoms with Crippen molar-refractivity contribution in [3.63, 3.8) is 0 Å². The summed E-state index contributed by atoms with van der Waals surface area (Å²) in [7, 11) is 4.41. The van der Waals surface area contributed by atoms with Gasteiger partial charge in [-0.25, -0.2) is 0 Å². The van der Waals surface area contributed by atoms with Gasteiger partial charge in [0, 0.05) is 12.4 Å². The standard InChI is InChI=1S/C14H15N3O4.2CH5N/c1-16-13(19)9(7-12(15)18)17-14(20)11-6-8-4-2-3-5-10(8)21-11;2*1-2/h2-6,9H,7H2,1H3,(H2,15,18)(H,16,19)(H,17,20);2*2H2,1H3/t9-;;/m0../s1. The van der Waals surface area contributed by atoms with E-state index in [4.69, 9.17) is 10.2 Å². The summed E-state index contributed by atoms with van der Waals surface area (Å²) in [6.07, 6.45) is -0.286. The molecule has 2 rings (SSSR count). The zero-order chi connectivity index (χ0) is 19.4. The second kappa shape index (κ2) is 11.6. The Labute approximate surface area is 145 Å². The van der Waals surface area contributed by atoms with Gasteiger partial charge in [0.15, 0.2) is 5.76 Å². The van der Waals surface area contributed by atoms with E-state index >= 15 is 0 Å². The number of hydrogen-bond acceptors (Lipinski definition) is 6. The summed E-state index contributed by atoms with van der Waals surface area (Å²) in [5.41, 5.74) is 14.6. The third-order valence-corrected chi connectivity index (χ3v) is 2.92. The van der Waals surface area contributed by atoms with Gasteiger partial charge in [-0.2, -0.15) is 0 Å². The number of likely N-dealkylation sites (N-methyl/N-ethyl adjacent to an activating group) is 1. The number of rotatable bonds is 5. The van der Waals surface area contributed by atoms with Crippen molar-refractivity contribution in [2.75, 3.05) is 21.1 Å². The number of nitrogens with one attached hydrogen (secondary N) is 2. The molecule has 1 aromatic heterocycles. The first kappa shape index (κ1) is 22.1. The molecule has 0 bridgehead atoms. The predicted molar refractivity (Wildman–Crippen MR) is 95.6 cm³/mol. The van der Waals surface area contributed by atoms with Gasteiger partial charge in [-0.05, 0) is 26.2 Å². The molecular weight excluding hydrogens is 326 g/mol. The lowest BCUT2D eigenvalue weighted by Crippen LogP contribution is -2.47. The summed E-state index contributed by atoms with van der Waals surface area (Å²) >= 11 is 0. The van der Waals surface area contributed by atoms with Crippen LogP contribution in [0.2, 0.25) is 0 Å². The van der Waals surface area contributed by atoms with Crippen LogP contribution in [0, 0.1) is 0 Å². The fraction of sp³-hybridized carbons (Fsp3) is 0.312. The van der Waals surface area contributed by atoms with E-state index in [1.54, 1.807) is 24.3 Å². The number of nitrogens with two attached hydrogens (primary N) is 3. The van der Waals surface area contributed by atoms with E-state index in [2.05, 4.69) is 22.1 Å². The number of fused-ring (bicyclic) bond motifs is 1. The maximum Gasteiger partial charge on any atom is 0.287 e. The number of furan rings is 1. The zero-order valence-electron chi connectivity index (χ0n) is 14.5. The summed E-state index contributed by atoms with van der Waals surface area (Å²) < 4.78 is 5.39. The first-order valence-corrected chi connectivity index (χ1v) is 7.46. The number of benzene rings is 1. The second-order valence-corrected chi connectivity index (χ2v) is 4.46. The SMILES string of the molecule is CN.CN.CNC(=O)[C@H](CC(N)=O)NC(=O)c1cc2ccccc2o1. The zero-order valence-corrected chi connectivity index (χ0v) is 14.5. The van der Waals surface area contributed by atoms with E-state index in [0.717, 1.165) is 5.39 Å². The summed E-state index contributed by atoms with van der Waals surface area (Å²) in [4.78, 5) is 34.7. The molecule has 9 heteroatoms. The van der Waals surface area contributed by atoms with Gasteiger partial charge < -0.3 is 32.3 Å². The van der Waals surface area contributed by atoms with E-state index in [1.807, 2.05) is 6.07 Å². The van der Waals surface area contributed by atoms with E-state index in [1.165, 1.54) is 21.1 Å². The highest BCUT2D eigenvalue weighted by atomic mass is 16.3. The average Bonchev–Trinajstić information content (AvgIpc) is 3.07. The van der Waals surface area contributed by atoms with Crippen molar-refractivity contribution in [3.05, 3.63) is 36.1 Å². The van der Waals surface area contributed by atoms with Crippen molar-refractivity contribution in [3.8, 4) is 0 Å². The molecule has 0 aliphatic rings. The van der Waals surface area contributed by atoms with Crippen molar-refractivity contribution in [2.24, 2.45) is 17.2 Å². The van der Waals surface area contributed by atoms with Crippen molar-refractivity contribution >= 4 is 28.7 Å². The number of hydrogen-bond donors (Lipinski definition) is 5. The Bertz CT molecular complexity index is 666. The Morgan fingerprint density at radius 1 is 1.12 bits per heavy atom. The van der Waals surface area contributed by atoms with Crippen LogP contribution in [-0.2, 0) is 9.59 Å². The molecule has 0 spiro atoms. The lowest BCUT2D eigenvalue weighted by Gasteiger charge is -2.14. The first-order chi connectivity index (χ1) is 12.0. The fourth-order valence-electron chi connectivity index (χ4n) is 1.91. The Morgan fingerprint density at radius 3 is 2.24 bits per heavy atom. The van der Waals surface area contributed by atoms with Crippen LogP contribution in [0.5, 0.6) is 0 Å². The Balaban J connectivity index is 0.00000134. The van der Waals surface area contributed by atoms with Gasteiger partial charge in [-0.1, -0.05) is 18.2 Å². The van der Waals surface area contributed by atoms with Gasteiger partial charge in [0.1, 0.15) is 11.6 Å². The van der Waals surface area contributed by atoms with Crippen LogP contribution in [0.4, 0.5) is 0 Å². The first-order valence-electron chi connectivity index (χ1n) is 7.46. The molecule has 8 N–H and O–H groups in total. The summed E-state index contributed by atoms with van der Waals surface area (Å²) in [6, 6.07) is 7.67. The van der Waals surface area contributed by atoms with Crippen LogP contribution in [0.15, 0.2) is 34.7 Å². The smallest absolute Gasteiger partial charge is 0.287 e. The minimum atomic E-state index is -1.03. The molecular formula is C16H25N5O4. The quantitative estimate of drug-likeness (QED) is 0.477. The number of primary amides is 1. The average molecular weight is 351 g/mol. The van der Waals surface area contributed by atoms with Gasteiger partial charge in [0.2, 0.25) is 11.8 Å². The van der Waals surface area contributed by atoms with Crippen molar-refractivity contribution < 1.29 is 18.8 Å². The van der Waals surface area contributed by atoms with Gasteiger partial charge in [-0.3, -0.25) is 14.4 Å². The van der Waals surface area contributed by atoms with Crippen LogP contribution in [0.25, 0.3) is 11.0 Å². The van der Waals surface area contributed by atoms with Gasteiger partial charge >= 0.3 is 0 Å². The van der Waals surface area contributed by atoms with Crippen LogP contribution in [0.1, 0.15) is 17.0 Å². The molecule has 138 valence electrons. The molecule has 2 aromatic rings. The molecule has 1 heterocycles. The number of amides is 3. The molecule has 0 fully saturated rings. The molecule has 3 amide bonds. The third kappa shape index (κ3) is 6.61. The monoisotopic (exact) mass is 351 g/mol. The minimum Gasteiger partial charge on any atom is -0.451 e. The van der Waals surface area contributed by atoms with Crippen LogP contribution >= 0.6 is 0 Å². The van der Waals surface area contributed by atoms with E-state index in [0.29, 0.717) is 5.58 Å². The summed E-state index contributed by atoms with van der Waals surface area (Å²) in [5, 5.41) is 5.56. The van der Waals surface area contributed by atoms with E-state index < -0.39 is 23.8 Å². The molecule has 0 unspecified atom stereocenters. The van der Waals surface area contributed by atoms with Gasteiger partial charge in [-0.15, -0.1) is 0 Å². The largest absolute Gasteiger partial charge is 0.451 e. The molecule has 0 saturated heterocycles. The molecule has 0 aliphatic heterocycles. The van der Waals surface area contributed by atoms with Crippen molar-refractivity contribution in [1.82, 2.24) is 10.6 Å². The van der Waals surface area contributed by atoms with Gasteiger partial charge in [0.25, 0.3) is 5.91 Å². The molecule has 1 aromatic carbocycles. The van der Waals surface area contributed by atoms with Crippen molar-refractivity contribution in [2.45, 2.75) is 12.5 Å². The summed E-state index contributed by atoms with van der Waals surface area (Å²) in [5.74, 6) is -1.71. The normalized spacial score (nSPS) is 10.4. The molecule has 25 heavy (non-hydrogen) atoms. The topological polar surface area (TPSA) is 166 Å². The fourth-order valence-corrected chi connectivity index (χ4v) is 1.91. The minimum absolute atomic E-state index is 0.0644. The van der Waals surface area contributed by atoms with E-state index in [9.17, 15) is 14.4 Å². The molecule has 1 atom stereocenters. The highest BCUT2D eigenvalue weighted by Crippen LogP contribution is 2.18. The van der Waals surface area contributed by atoms with Crippen LogP contribution < -0.4 is 27.8 Å².